The fourth-order valence-corrected chi connectivity index (χ4v) is 3.39. The third-order valence-electron chi connectivity index (χ3n) is 3.18. The lowest BCUT2D eigenvalue weighted by atomic mass is 10.1. The molecule has 0 aliphatic carbocycles. The zero-order valence-corrected chi connectivity index (χ0v) is 12.4. The van der Waals surface area contributed by atoms with Gasteiger partial charge >= 0.3 is 0 Å². The van der Waals surface area contributed by atoms with Crippen molar-refractivity contribution >= 4 is 17.7 Å². The maximum atomic E-state index is 12.0. The summed E-state index contributed by atoms with van der Waals surface area (Å²) in [4.78, 5) is 13.9. The average Bonchev–Trinajstić information content (AvgIpc) is 2.85. The molecule has 1 aromatic carbocycles. The van der Waals surface area contributed by atoms with Crippen LogP contribution in [0.3, 0.4) is 0 Å². The van der Waals surface area contributed by atoms with Crippen LogP contribution in [0.15, 0.2) is 24.3 Å². The monoisotopic (exact) mass is 290 g/mol. The standard InChI is InChI=1S/C15H18N2O2S/c1-2-19-9-3-8-17-14(18)11-20-15(17)13-6-4-12(10-16)5-7-13/h4-7,15H,2-3,8-9,11H2,1H3. The first-order valence-corrected chi connectivity index (χ1v) is 7.80. The van der Waals surface area contributed by atoms with E-state index in [2.05, 4.69) is 6.07 Å². The second kappa shape index (κ2) is 7.32. The first kappa shape index (κ1) is 14.9. The number of nitriles is 1. The number of amides is 1. The Morgan fingerprint density at radius 1 is 1.45 bits per heavy atom. The molecule has 0 bridgehead atoms. The molecule has 0 aromatic heterocycles. The van der Waals surface area contributed by atoms with E-state index >= 15 is 0 Å². The molecule has 5 heteroatoms. The maximum Gasteiger partial charge on any atom is 0.233 e. The van der Waals surface area contributed by atoms with Gasteiger partial charge in [0.25, 0.3) is 0 Å². The van der Waals surface area contributed by atoms with Crippen molar-refractivity contribution in [2.75, 3.05) is 25.5 Å². The quantitative estimate of drug-likeness (QED) is 0.756. The van der Waals surface area contributed by atoms with Crippen LogP contribution in [0, 0.1) is 11.3 Å². The lowest BCUT2D eigenvalue weighted by Gasteiger charge is -2.24. The first-order valence-electron chi connectivity index (χ1n) is 6.75. The van der Waals surface area contributed by atoms with E-state index in [1.165, 1.54) is 0 Å². The lowest BCUT2D eigenvalue weighted by molar-refractivity contribution is -0.128. The predicted octanol–water partition coefficient (Wildman–Crippen LogP) is 2.56. The molecule has 1 aromatic rings. The van der Waals surface area contributed by atoms with Crippen molar-refractivity contribution in [3.63, 3.8) is 0 Å². The van der Waals surface area contributed by atoms with Crippen molar-refractivity contribution in [3.05, 3.63) is 35.4 Å². The largest absolute Gasteiger partial charge is 0.382 e. The number of benzene rings is 1. The highest BCUT2D eigenvalue weighted by Gasteiger charge is 2.32. The van der Waals surface area contributed by atoms with Gasteiger partial charge in [-0.3, -0.25) is 4.79 Å². The molecule has 0 saturated carbocycles. The van der Waals surface area contributed by atoms with Crippen molar-refractivity contribution < 1.29 is 9.53 Å². The number of carbonyl (C=O) groups excluding carboxylic acids is 1. The summed E-state index contributed by atoms with van der Waals surface area (Å²) in [7, 11) is 0. The van der Waals surface area contributed by atoms with Crippen LogP contribution >= 0.6 is 11.8 Å². The number of carbonyl (C=O) groups is 1. The third kappa shape index (κ3) is 3.53. The van der Waals surface area contributed by atoms with E-state index in [0.29, 0.717) is 24.5 Å². The van der Waals surface area contributed by atoms with Crippen molar-refractivity contribution in [2.24, 2.45) is 0 Å². The number of rotatable bonds is 6. The van der Waals surface area contributed by atoms with Crippen LogP contribution in [0.2, 0.25) is 0 Å². The Balaban J connectivity index is 2.01. The zero-order chi connectivity index (χ0) is 14.4. The van der Waals surface area contributed by atoms with Gasteiger partial charge in [-0.1, -0.05) is 12.1 Å². The van der Waals surface area contributed by atoms with E-state index in [-0.39, 0.29) is 11.3 Å². The van der Waals surface area contributed by atoms with E-state index in [4.69, 9.17) is 10.00 Å². The van der Waals surface area contributed by atoms with Crippen LogP contribution in [0.25, 0.3) is 0 Å². The molecular weight excluding hydrogens is 272 g/mol. The molecule has 1 atom stereocenters. The van der Waals surface area contributed by atoms with Crippen LogP contribution in [0.5, 0.6) is 0 Å². The molecular formula is C15H18N2O2S. The highest BCUT2D eigenvalue weighted by molar-refractivity contribution is 8.00. The molecule has 1 aliphatic rings. The topological polar surface area (TPSA) is 53.3 Å². The Hall–Kier alpha value is -1.51. The van der Waals surface area contributed by atoms with Crippen LogP contribution in [0.4, 0.5) is 0 Å². The number of ether oxygens (including phenoxy) is 1. The number of thioether (sulfide) groups is 1. The molecule has 20 heavy (non-hydrogen) atoms. The molecule has 1 heterocycles. The van der Waals surface area contributed by atoms with E-state index < -0.39 is 0 Å². The van der Waals surface area contributed by atoms with Gasteiger partial charge in [-0.15, -0.1) is 11.8 Å². The van der Waals surface area contributed by atoms with Crippen LogP contribution < -0.4 is 0 Å². The summed E-state index contributed by atoms with van der Waals surface area (Å²) in [6.07, 6.45) is 0.854. The number of nitrogens with zero attached hydrogens (tertiary/aromatic N) is 2. The molecule has 1 saturated heterocycles. The smallest absolute Gasteiger partial charge is 0.233 e. The molecule has 4 nitrogen and oxygen atoms in total. The summed E-state index contributed by atoms with van der Waals surface area (Å²) in [6.45, 7) is 4.08. The van der Waals surface area contributed by atoms with Gasteiger partial charge in [0.2, 0.25) is 5.91 Å². The summed E-state index contributed by atoms with van der Waals surface area (Å²) >= 11 is 1.64. The van der Waals surface area contributed by atoms with Crippen LogP contribution in [-0.4, -0.2) is 36.3 Å². The van der Waals surface area contributed by atoms with E-state index in [1.807, 2.05) is 24.0 Å². The summed E-state index contributed by atoms with van der Waals surface area (Å²) in [5.74, 6) is 0.708. The normalized spacial score (nSPS) is 18.3. The van der Waals surface area contributed by atoms with Crippen LogP contribution in [0.1, 0.15) is 29.8 Å². The second-order valence-corrected chi connectivity index (χ2v) is 5.60. The highest BCUT2D eigenvalue weighted by atomic mass is 32.2. The van der Waals surface area contributed by atoms with Gasteiger partial charge in [0, 0.05) is 19.8 Å². The fourth-order valence-electron chi connectivity index (χ4n) is 2.18. The van der Waals surface area contributed by atoms with E-state index in [0.717, 1.165) is 18.5 Å². The van der Waals surface area contributed by atoms with Gasteiger partial charge < -0.3 is 9.64 Å². The van der Waals surface area contributed by atoms with E-state index in [1.54, 1.807) is 23.9 Å². The van der Waals surface area contributed by atoms with Gasteiger partial charge in [0.1, 0.15) is 5.37 Å². The summed E-state index contributed by atoms with van der Waals surface area (Å²) in [6, 6.07) is 9.58. The number of hydrogen-bond acceptors (Lipinski definition) is 4. The molecule has 1 aliphatic heterocycles. The lowest BCUT2D eigenvalue weighted by Crippen LogP contribution is -2.29. The first-order chi connectivity index (χ1) is 9.76. The Kier molecular flexibility index (Phi) is 5.45. The SMILES string of the molecule is CCOCCCN1C(=O)CSC1c1ccc(C#N)cc1. The average molecular weight is 290 g/mol. The van der Waals surface area contributed by atoms with Crippen molar-refractivity contribution in [2.45, 2.75) is 18.7 Å². The minimum atomic E-state index is 0.0665. The molecule has 0 spiro atoms. The van der Waals surface area contributed by atoms with Crippen molar-refractivity contribution in [1.82, 2.24) is 4.90 Å². The molecule has 0 radical (unpaired) electrons. The minimum Gasteiger partial charge on any atom is -0.382 e. The van der Waals surface area contributed by atoms with Crippen molar-refractivity contribution in [3.8, 4) is 6.07 Å². The van der Waals surface area contributed by atoms with Gasteiger partial charge in [-0.25, -0.2) is 0 Å². The zero-order valence-electron chi connectivity index (χ0n) is 11.5. The third-order valence-corrected chi connectivity index (χ3v) is 4.44. The Morgan fingerprint density at radius 2 is 2.20 bits per heavy atom. The molecule has 1 fully saturated rings. The predicted molar refractivity (Wildman–Crippen MR) is 79.2 cm³/mol. The van der Waals surface area contributed by atoms with Crippen molar-refractivity contribution in [1.29, 1.82) is 5.26 Å². The fraction of sp³-hybridized carbons (Fsp3) is 0.467. The minimum absolute atomic E-state index is 0.0665. The molecule has 106 valence electrons. The Bertz CT molecular complexity index is 496. The van der Waals surface area contributed by atoms with Crippen LogP contribution in [-0.2, 0) is 9.53 Å². The maximum absolute atomic E-state index is 12.0. The summed E-state index contributed by atoms with van der Waals surface area (Å²) in [5, 5.41) is 8.89. The van der Waals surface area contributed by atoms with E-state index in [9.17, 15) is 4.79 Å². The van der Waals surface area contributed by atoms with Gasteiger partial charge in [0.05, 0.1) is 17.4 Å². The highest BCUT2D eigenvalue weighted by Crippen LogP contribution is 2.38. The number of hydrogen-bond donors (Lipinski definition) is 0. The summed E-state index contributed by atoms with van der Waals surface area (Å²) in [5.41, 5.74) is 1.72. The van der Waals surface area contributed by atoms with Gasteiger partial charge in [-0.2, -0.15) is 5.26 Å². The van der Waals surface area contributed by atoms with Gasteiger partial charge in [0.15, 0.2) is 0 Å². The van der Waals surface area contributed by atoms with Gasteiger partial charge in [-0.05, 0) is 31.0 Å². The molecule has 2 rings (SSSR count). The summed E-state index contributed by atoms with van der Waals surface area (Å²) < 4.78 is 5.32. The molecule has 1 amide bonds. The molecule has 0 N–H and O–H groups in total. The Labute approximate surface area is 123 Å². The second-order valence-electron chi connectivity index (χ2n) is 4.53. The molecule has 1 unspecified atom stereocenters. The Morgan fingerprint density at radius 3 is 2.85 bits per heavy atom.